The first-order chi connectivity index (χ1) is 32.9. The summed E-state index contributed by atoms with van der Waals surface area (Å²) in [7, 11) is 2.84. The number of aliphatic carboxylic acids is 2. The Morgan fingerprint density at radius 1 is 0.757 bits per heavy atom. The Balaban J connectivity index is 2.13. The first-order valence-electron chi connectivity index (χ1n) is 23.2. The van der Waals surface area contributed by atoms with E-state index < -0.39 is 126 Å². The van der Waals surface area contributed by atoms with Crippen LogP contribution in [0.25, 0.3) is 0 Å². The number of carbonyl (C=O) groups is 9. The van der Waals surface area contributed by atoms with Gasteiger partial charge in [0.05, 0.1) is 24.0 Å². The molecule has 1 fully saturated rings. The standard InChI is InChI=1S/C51H69N7O12/c1-28(2)42-49(65)57-43(51(68)69)32(6)45(61)55-39(26-35-17-13-11-14-18-35)48(64)53-37(22-21-29(3)25-30(4)40(70-10)27-36-19-15-12-16-20-36)31(5)44(60)54-38(50(66)67)23-24-41(59)58(9)34(8)47(63)52-33(7)46(62)56-42/h11-22,25,28,30-33,37-40,42-43H,8,23-24,26-27H2,1-7,9-10H3,(H,52,63)(H,53,64)(H,54,60)(H,55,61)(H,56,62)(H,57,65)(H,66,67)(H,68,69). The number of likely N-dealkylation sites (N-methyl/N-ethyl adjacent to an activating group) is 1. The average Bonchev–Trinajstić information content (AvgIpc) is 3.32. The minimum atomic E-state index is -1.86. The number of amides is 7. The van der Waals surface area contributed by atoms with E-state index in [0.717, 1.165) is 16.0 Å². The number of carboxylic acid groups (broad SMARTS) is 2. The van der Waals surface area contributed by atoms with Crippen molar-refractivity contribution in [2.24, 2.45) is 23.7 Å². The van der Waals surface area contributed by atoms with E-state index in [-0.39, 0.29) is 18.4 Å². The van der Waals surface area contributed by atoms with Crippen LogP contribution < -0.4 is 31.9 Å². The molecule has 0 radical (unpaired) electrons. The molecule has 1 aliphatic heterocycles. The third-order valence-electron chi connectivity index (χ3n) is 12.2. The van der Waals surface area contributed by atoms with Gasteiger partial charge in [0.25, 0.3) is 5.91 Å². The number of carboxylic acids is 2. The monoisotopic (exact) mass is 972 g/mol. The Hall–Kier alpha value is -7.15. The topological polar surface area (TPSA) is 279 Å². The van der Waals surface area contributed by atoms with Crippen LogP contribution in [-0.2, 0) is 60.7 Å². The van der Waals surface area contributed by atoms with Gasteiger partial charge in [0.1, 0.15) is 35.9 Å². The summed E-state index contributed by atoms with van der Waals surface area (Å²) in [4.78, 5) is 122. The summed E-state index contributed by atoms with van der Waals surface area (Å²) in [6, 6.07) is 9.74. The molecule has 380 valence electrons. The third kappa shape index (κ3) is 17.1. The molecule has 2 aromatic carbocycles. The highest BCUT2D eigenvalue weighted by Gasteiger charge is 2.38. The molecule has 0 aliphatic carbocycles. The number of carbonyl (C=O) groups excluding carboxylic acids is 7. The molecule has 1 heterocycles. The Bertz CT molecular complexity index is 2270. The Morgan fingerprint density at radius 2 is 1.34 bits per heavy atom. The maximum atomic E-state index is 14.5. The fourth-order valence-electron chi connectivity index (χ4n) is 7.55. The Morgan fingerprint density at radius 3 is 1.90 bits per heavy atom. The lowest BCUT2D eigenvalue weighted by atomic mass is 9.94. The molecule has 70 heavy (non-hydrogen) atoms. The Labute approximate surface area is 409 Å². The van der Waals surface area contributed by atoms with Gasteiger partial charge in [-0.3, -0.25) is 33.6 Å². The summed E-state index contributed by atoms with van der Waals surface area (Å²) in [5.41, 5.74) is 2.00. The van der Waals surface area contributed by atoms with Crippen LogP contribution in [-0.4, -0.2) is 125 Å². The normalized spacial score (nSPS) is 25.6. The second-order valence-electron chi connectivity index (χ2n) is 18.0. The first kappa shape index (κ1) is 57.2. The van der Waals surface area contributed by atoms with Crippen molar-refractivity contribution in [1.29, 1.82) is 0 Å². The van der Waals surface area contributed by atoms with Crippen LogP contribution in [0.4, 0.5) is 0 Å². The number of allylic oxidation sites excluding steroid dienone is 2. The maximum absolute atomic E-state index is 14.5. The summed E-state index contributed by atoms with van der Waals surface area (Å²) >= 11 is 0. The van der Waals surface area contributed by atoms with Gasteiger partial charge >= 0.3 is 11.9 Å². The summed E-state index contributed by atoms with van der Waals surface area (Å²) < 4.78 is 5.83. The van der Waals surface area contributed by atoms with E-state index in [0.29, 0.717) is 12.0 Å². The molecule has 3 rings (SSSR count). The quantitative estimate of drug-likeness (QED) is 0.113. The van der Waals surface area contributed by atoms with Crippen LogP contribution in [0.15, 0.2) is 96.7 Å². The lowest BCUT2D eigenvalue weighted by Crippen LogP contribution is -2.60. The first-order valence-corrected chi connectivity index (χ1v) is 23.2. The molecule has 19 nitrogen and oxygen atoms in total. The highest BCUT2D eigenvalue weighted by Crippen LogP contribution is 2.19. The van der Waals surface area contributed by atoms with Gasteiger partial charge in [-0.15, -0.1) is 0 Å². The summed E-state index contributed by atoms with van der Waals surface area (Å²) in [5, 5.41) is 35.6. The zero-order valence-corrected chi connectivity index (χ0v) is 41.3. The number of hydrogen-bond donors (Lipinski definition) is 8. The molecule has 7 amide bonds. The van der Waals surface area contributed by atoms with E-state index in [1.807, 2.05) is 50.3 Å². The van der Waals surface area contributed by atoms with E-state index in [2.05, 4.69) is 38.5 Å². The largest absolute Gasteiger partial charge is 0.480 e. The number of nitrogens with zero attached hydrogens (tertiary/aromatic N) is 1. The fraction of sp³-hybridized carbons (Fsp3) is 0.471. The zero-order valence-electron chi connectivity index (χ0n) is 41.3. The fourth-order valence-corrected chi connectivity index (χ4v) is 7.55. The molecular weight excluding hydrogens is 903 g/mol. The second kappa shape index (κ2) is 27.1. The van der Waals surface area contributed by atoms with E-state index in [1.165, 1.54) is 27.8 Å². The number of benzene rings is 2. The molecule has 0 aromatic heterocycles. The number of rotatable bonds is 12. The van der Waals surface area contributed by atoms with Crippen molar-refractivity contribution < 1.29 is 58.1 Å². The maximum Gasteiger partial charge on any atom is 0.327 e. The van der Waals surface area contributed by atoms with Crippen molar-refractivity contribution in [1.82, 2.24) is 36.8 Å². The summed E-state index contributed by atoms with van der Waals surface area (Å²) in [6.45, 7) is 14.6. The van der Waals surface area contributed by atoms with Crippen LogP contribution in [0.3, 0.4) is 0 Å². The lowest BCUT2D eigenvalue weighted by Gasteiger charge is -2.29. The molecule has 1 saturated heterocycles. The Kier molecular flexibility index (Phi) is 22.2. The van der Waals surface area contributed by atoms with Crippen LogP contribution in [0.5, 0.6) is 0 Å². The van der Waals surface area contributed by atoms with Crippen LogP contribution >= 0.6 is 0 Å². The molecule has 10 atom stereocenters. The van der Waals surface area contributed by atoms with Crippen molar-refractivity contribution in [3.63, 3.8) is 0 Å². The number of nitrogens with one attached hydrogen (secondary N) is 6. The third-order valence-corrected chi connectivity index (χ3v) is 12.2. The highest BCUT2D eigenvalue weighted by atomic mass is 16.5. The minimum absolute atomic E-state index is 0.103. The molecule has 2 aromatic rings. The van der Waals surface area contributed by atoms with E-state index >= 15 is 0 Å². The molecule has 8 N–H and O–H groups in total. The van der Waals surface area contributed by atoms with Gasteiger partial charge in [-0.2, -0.15) is 0 Å². The molecule has 0 bridgehead atoms. The van der Waals surface area contributed by atoms with E-state index in [4.69, 9.17) is 4.74 Å². The van der Waals surface area contributed by atoms with Crippen molar-refractivity contribution in [3.8, 4) is 0 Å². The van der Waals surface area contributed by atoms with Gasteiger partial charge in [0.2, 0.25) is 35.4 Å². The number of methoxy groups -OCH3 is 1. The van der Waals surface area contributed by atoms with Crippen molar-refractivity contribution in [2.75, 3.05) is 14.2 Å². The summed E-state index contributed by atoms with van der Waals surface area (Å²) in [6.07, 6.45) is 4.63. The van der Waals surface area contributed by atoms with Gasteiger partial charge in [0, 0.05) is 32.9 Å². The predicted molar refractivity (Wildman–Crippen MR) is 260 cm³/mol. The van der Waals surface area contributed by atoms with Gasteiger partial charge in [-0.1, -0.05) is 126 Å². The van der Waals surface area contributed by atoms with Gasteiger partial charge in [-0.05, 0) is 43.7 Å². The van der Waals surface area contributed by atoms with Crippen molar-refractivity contribution in [2.45, 2.75) is 117 Å². The minimum Gasteiger partial charge on any atom is -0.480 e. The van der Waals surface area contributed by atoms with Crippen LogP contribution in [0.2, 0.25) is 0 Å². The molecule has 0 spiro atoms. The number of ether oxygens (including phenoxy) is 1. The lowest BCUT2D eigenvalue weighted by molar-refractivity contribution is -0.147. The highest BCUT2D eigenvalue weighted by molar-refractivity contribution is 6.00. The van der Waals surface area contributed by atoms with Crippen molar-refractivity contribution >= 4 is 53.3 Å². The molecule has 19 heteroatoms. The van der Waals surface area contributed by atoms with Crippen molar-refractivity contribution in [3.05, 3.63) is 108 Å². The molecule has 10 unspecified atom stereocenters. The van der Waals surface area contributed by atoms with Gasteiger partial charge in [0.15, 0.2) is 0 Å². The van der Waals surface area contributed by atoms with Gasteiger partial charge < -0.3 is 51.8 Å². The van der Waals surface area contributed by atoms with E-state index in [9.17, 15) is 53.4 Å². The SMILES string of the molecule is C=C1C(=O)NC(C)C(=O)NC(C(C)C)C(=O)NC(C(=O)O)C(C)C(=O)NC(Cc2ccccc2)C(=O)NC(C=CC(C)=CC(C)C(Cc2ccccc2)OC)C(C)C(=O)NC(C(=O)O)CCC(=O)N1C. The number of hydrogen-bond acceptors (Lipinski definition) is 10. The molecule has 1 aliphatic rings. The zero-order chi connectivity index (χ0) is 52.4. The van der Waals surface area contributed by atoms with Crippen LogP contribution in [0, 0.1) is 23.7 Å². The average molecular weight is 972 g/mol. The predicted octanol–water partition coefficient (Wildman–Crippen LogP) is 2.42. The van der Waals surface area contributed by atoms with Crippen LogP contribution in [0.1, 0.15) is 72.4 Å². The summed E-state index contributed by atoms with van der Waals surface area (Å²) in [5.74, 6) is -12.5. The molecular formula is C51H69N7O12. The second-order valence-corrected chi connectivity index (χ2v) is 18.0. The smallest absolute Gasteiger partial charge is 0.327 e. The van der Waals surface area contributed by atoms with E-state index in [1.54, 1.807) is 63.4 Å². The molecule has 0 saturated carbocycles. The van der Waals surface area contributed by atoms with Gasteiger partial charge in [-0.25, -0.2) is 9.59 Å².